The monoisotopic (exact) mass is 1210 g/mol. The Labute approximate surface area is 543 Å². The SMILES string of the molecule is CCCCC/C=C\C/C=C\CCCCCCCC1OC(CC)OC1CCCCCCC/C=C\C/C=C\CCC(CC)CCCCC/C=C\C/C=C\CCCCCCCC1OC(CCN(CC)CC)OC1CCCCCCC/C=C\C/C=C\CCCCC. The molecular formula is C82H147NO4. The van der Waals surface area contributed by atoms with Crippen molar-refractivity contribution >= 4 is 0 Å². The lowest BCUT2D eigenvalue weighted by Crippen LogP contribution is -2.27. The Hall–Kier alpha value is -2.28. The Morgan fingerprint density at radius 2 is 0.563 bits per heavy atom. The van der Waals surface area contributed by atoms with Gasteiger partial charge >= 0.3 is 0 Å². The Morgan fingerprint density at radius 3 is 0.874 bits per heavy atom. The van der Waals surface area contributed by atoms with Crippen molar-refractivity contribution in [2.75, 3.05) is 19.6 Å². The topological polar surface area (TPSA) is 40.2 Å². The number of hydrogen-bond acceptors (Lipinski definition) is 5. The molecule has 2 aliphatic heterocycles. The van der Waals surface area contributed by atoms with Gasteiger partial charge in [-0.05, 0) is 180 Å². The van der Waals surface area contributed by atoms with Crippen LogP contribution in [0.4, 0.5) is 0 Å². The molecule has 2 aliphatic rings. The highest BCUT2D eigenvalue weighted by molar-refractivity contribution is 4.96. The summed E-state index contributed by atoms with van der Waals surface area (Å²) in [7, 11) is 0. The molecule has 2 rings (SSSR count). The van der Waals surface area contributed by atoms with E-state index in [0.717, 1.165) is 83.3 Å². The van der Waals surface area contributed by atoms with Crippen LogP contribution in [0.25, 0.3) is 0 Å². The summed E-state index contributed by atoms with van der Waals surface area (Å²) in [5.41, 5.74) is 0. The van der Waals surface area contributed by atoms with Crippen LogP contribution in [0, 0.1) is 5.92 Å². The zero-order valence-corrected chi connectivity index (χ0v) is 58.8. The molecule has 504 valence electrons. The fourth-order valence-corrected chi connectivity index (χ4v) is 12.7. The summed E-state index contributed by atoms with van der Waals surface area (Å²) in [4.78, 5) is 2.49. The second-order valence-electron chi connectivity index (χ2n) is 26.4. The smallest absolute Gasteiger partial charge is 0.159 e. The zero-order chi connectivity index (χ0) is 62.2. The van der Waals surface area contributed by atoms with Gasteiger partial charge in [-0.25, -0.2) is 0 Å². The van der Waals surface area contributed by atoms with Crippen LogP contribution in [0.15, 0.2) is 97.2 Å². The quantitative estimate of drug-likeness (QED) is 0.0448. The first-order chi connectivity index (χ1) is 43.1. The van der Waals surface area contributed by atoms with Crippen molar-refractivity contribution in [1.29, 1.82) is 0 Å². The summed E-state index contributed by atoms with van der Waals surface area (Å²) in [5, 5.41) is 0. The van der Waals surface area contributed by atoms with Gasteiger partial charge in [0, 0.05) is 13.0 Å². The first-order valence-corrected chi connectivity index (χ1v) is 38.6. The van der Waals surface area contributed by atoms with Gasteiger partial charge in [0.1, 0.15) is 0 Å². The van der Waals surface area contributed by atoms with Gasteiger partial charge in [0.15, 0.2) is 12.6 Å². The van der Waals surface area contributed by atoms with E-state index in [0.29, 0.717) is 12.2 Å². The Morgan fingerprint density at radius 1 is 0.276 bits per heavy atom. The summed E-state index contributed by atoms with van der Waals surface area (Å²) in [6.07, 6.45) is 103. The van der Waals surface area contributed by atoms with Gasteiger partial charge in [0.25, 0.3) is 0 Å². The van der Waals surface area contributed by atoms with E-state index in [9.17, 15) is 0 Å². The molecule has 0 amide bonds. The van der Waals surface area contributed by atoms with Crippen LogP contribution in [-0.2, 0) is 18.9 Å². The normalized spacial score (nSPS) is 19.9. The molecule has 5 heteroatoms. The maximum Gasteiger partial charge on any atom is 0.159 e. The average Bonchev–Trinajstić information content (AvgIpc) is 3.08. The van der Waals surface area contributed by atoms with Gasteiger partial charge in [-0.1, -0.05) is 293 Å². The molecule has 0 saturated carbocycles. The van der Waals surface area contributed by atoms with Gasteiger partial charge in [0.2, 0.25) is 0 Å². The molecule has 7 atom stereocenters. The predicted octanol–water partition coefficient (Wildman–Crippen LogP) is 26.2. The second kappa shape index (κ2) is 63.9. The third-order valence-electron chi connectivity index (χ3n) is 18.7. The van der Waals surface area contributed by atoms with Gasteiger partial charge < -0.3 is 23.8 Å². The lowest BCUT2D eigenvalue weighted by molar-refractivity contribution is -0.0755. The third kappa shape index (κ3) is 50.0. The molecule has 0 N–H and O–H groups in total. The maximum absolute atomic E-state index is 6.61. The second-order valence-corrected chi connectivity index (χ2v) is 26.4. The van der Waals surface area contributed by atoms with Crippen molar-refractivity contribution < 1.29 is 18.9 Å². The summed E-state index contributed by atoms with van der Waals surface area (Å²) < 4.78 is 25.9. The lowest BCUT2D eigenvalue weighted by atomic mass is 9.93. The van der Waals surface area contributed by atoms with E-state index in [4.69, 9.17) is 18.9 Å². The minimum Gasteiger partial charge on any atom is -0.347 e. The number of unbranched alkanes of at least 4 members (excludes halogenated alkanes) is 29. The maximum atomic E-state index is 6.61. The molecule has 0 spiro atoms. The molecule has 0 aromatic rings. The van der Waals surface area contributed by atoms with E-state index < -0.39 is 0 Å². The van der Waals surface area contributed by atoms with Crippen LogP contribution >= 0.6 is 0 Å². The summed E-state index contributed by atoms with van der Waals surface area (Å²) in [5.74, 6) is 0.881. The number of rotatable bonds is 64. The van der Waals surface area contributed by atoms with E-state index in [2.05, 4.69) is 144 Å². The summed E-state index contributed by atoms with van der Waals surface area (Å²) >= 11 is 0. The van der Waals surface area contributed by atoms with E-state index in [1.807, 2.05) is 0 Å². The van der Waals surface area contributed by atoms with Crippen molar-refractivity contribution in [3.05, 3.63) is 97.2 Å². The van der Waals surface area contributed by atoms with Crippen LogP contribution in [0.3, 0.4) is 0 Å². The molecular weight excluding hydrogens is 1060 g/mol. The summed E-state index contributed by atoms with van der Waals surface area (Å²) in [6.45, 7) is 16.9. The minimum absolute atomic E-state index is 0.0148. The number of allylic oxidation sites excluding steroid dienone is 16. The first kappa shape index (κ1) is 80.8. The fraction of sp³-hybridized carbons (Fsp3) is 0.805. The third-order valence-corrected chi connectivity index (χ3v) is 18.7. The van der Waals surface area contributed by atoms with E-state index in [1.165, 1.54) is 263 Å². The van der Waals surface area contributed by atoms with E-state index in [-0.39, 0.29) is 24.8 Å². The van der Waals surface area contributed by atoms with Gasteiger partial charge in [-0.2, -0.15) is 0 Å². The number of nitrogens with zero attached hydrogens (tertiary/aromatic N) is 1. The van der Waals surface area contributed by atoms with E-state index >= 15 is 0 Å². The average molecular weight is 1210 g/mol. The van der Waals surface area contributed by atoms with Crippen LogP contribution < -0.4 is 0 Å². The van der Waals surface area contributed by atoms with Crippen LogP contribution in [0.2, 0.25) is 0 Å². The largest absolute Gasteiger partial charge is 0.347 e. The van der Waals surface area contributed by atoms with Crippen molar-refractivity contribution in [3.63, 3.8) is 0 Å². The Balaban J connectivity index is 1.41. The molecule has 0 radical (unpaired) electrons. The molecule has 2 saturated heterocycles. The molecule has 0 aromatic heterocycles. The van der Waals surface area contributed by atoms with E-state index in [1.54, 1.807) is 0 Å². The molecule has 0 aromatic carbocycles. The standard InChI is InChI=1S/C82H147NO4/c1-7-13-15-17-19-21-23-25-28-33-40-46-52-58-64-70-77-78(85-81(10-4)84-77)71-65-59-53-47-43-37-36-39-45-51-57-63-69-76(9-3)68-62-56-50-44-38-32-30-27-31-35-42-49-55-61-67-73-80-79(86-82(87-80)74-75-83(11-5)12-6)72-66-60-54-48-41-34-29-26-24-22-20-18-16-14-8-2/h19-22,25-29,31-32,36,38-39,51,57,76-82H,7-18,23-24,30,33-35,37,40-50,52-56,58-75H2,1-6H3/b21-19-,22-20-,28-25-,29-26-,31-27-,38-32-,39-36-,57-51-. The molecule has 5 nitrogen and oxygen atoms in total. The molecule has 7 unspecified atom stereocenters. The minimum atomic E-state index is -0.0203. The van der Waals surface area contributed by atoms with Gasteiger partial charge in [-0.3, -0.25) is 0 Å². The number of ether oxygens (including phenoxy) is 4. The Kier molecular flexibility index (Phi) is 59.3. The summed E-state index contributed by atoms with van der Waals surface area (Å²) in [6, 6.07) is 0. The zero-order valence-electron chi connectivity index (χ0n) is 58.8. The highest BCUT2D eigenvalue weighted by Crippen LogP contribution is 2.31. The lowest BCUT2D eigenvalue weighted by Gasteiger charge is -2.19. The highest BCUT2D eigenvalue weighted by atomic mass is 16.7. The van der Waals surface area contributed by atoms with Crippen LogP contribution in [-0.4, -0.2) is 61.5 Å². The van der Waals surface area contributed by atoms with Crippen LogP contribution in [0.5, 0.6) is 0 Å². The molecule has 0 aliphatic carbocycles. The highest BCUT2D eigenvalue weighted by Gasteiger charge is 2.36. The van der Waals surface area contributed by atoms with Crippen molar-refractivity contribution in [1.82, 2.24) is 4.90 Å². The van der Waals surface area contributed by atoms with Gasteiger partial charge in [0.05, 0.1) is 24.4 Å². The molecule has 87 heavy (non-hydrogen) atoms. The molecule has 2 heterocycles. The Bertz CT molecular complexity index is 1670. The first-order valence-electron chi connectivity index (χ1n) is 38.6. The van der Waals surface area contributed by atoms with Crippen molar-refractivity contribution in [2.45, 2.75) is 400 Å². The van der Waals surface area contributed by atoms with Crippen LogP contribution in [0.1, 0.15) is 363 Å². The van der Waals surface area contributed by atoms with Crippen molar-refractivity contribution in [2.24, 2.45) is 5.92 Å². The predicted molar refractivity (Wildman–Crippen MR) is 385 cm³/mol. The molecule has 2 fully saturated rings. The number of hydrogen-bond donors (Lipinski definition) is 0. The molecule has 0 bridgehead atoms. The van der Waals surface area contributed by atoms with Crippen molar-refractivity contribution in [3.8, 4) is 0 Å². The van der Waals surface area contributed by atoms with Gasteiger partial charge in [-0.15, -0.1) is 0 Å². The fourth-order valence-electron chi connectivity index (χ4n) is 12.7.